The maximum absolute atomic E-state index is 12.9. The number of nitrogens with one attached hydrogen (secondary N) is 1. The number of anilines is 2. The molecule has 0 aliphatic rings. The average molecular weight is 342 g/mol. The van der Waals surface area contributed by atoms with E-state index in [1.54, 1.807) is 37.3 Å². The first-order valence-electron chi connectivity index (χ1n) is 7.41. The van der Waals surface area contributed by atoms with Crippen LogP contribution in [0.4, 0.5) is 15.2 Å². The van der Waals surface area contributed by atoms with Crippen molar-refractivity contribution in [3.8, 4) is 11.3 Å². The Labute approximate surface area is 142 Å². The highest BCUT2D eigenvalue weighted by molar-refractivity contribution is 7.14. The predicted molar refractivity (Wildman–Crippen MR) is 93.2 cm³/mol. The van der Waals surface area contributed by atoms with Gasteiger partial charge in [0.05, 0.1) is 17.9 Å². The summed E-state index contributed by atoms with van der Waals surface area (Å²) < 4.78 is 17.9. The first kappa shape index (κ1) is 16.1. The predicted octanol–water partition coefficient (Wildman–Crippen LogP) is 4.87. The number of aromatic nitrogens is 1. The number of ether oxygens (including phenoxy) is 1. The molecule has 0 atom stereocenters. The number of nitrogens with zero attached hydrogens (tertiary/aromatic N) is 1. The Kier molecular flexibility index (Phi) is 4.86. The lowest BCUT2D eigenvalue weighted by atomic mass is 10.1. The second-order valence-electron chi connectivity index (χ2n) is 4.97. The van der Waals surface area contributed by atoms with Crippen LogP contribution in [-0.2, 0) is 4.74 Å². The van der Waals surface area contributed by atoms with Gasteiger partial charge in [-0.2, -0.15) is 0 Å². The van der Waals surface area contributed by atoms with Crippen molar-refractivity contribution in [3.05, 3.63) is 65.3 Å². The van der Waals surface area contributed by atoms with E-state index >= 15 is 0 Å². The zero-order valence-corrected chi connectivity index (χ0v) is 13.8. The van der Waals surface area contributed by atoms with Crippen molar-refractivity contribution in [2.75, 3.05) is 11.9 Å². The number of thiazole rings is 1. The summed E-state index contributed by atoms with van der Waals surface area (Å²) in [4.78, 5) is 16.3. The van der Waals surface area contributed by atoms with Gasteiger partial charge in [-0.1, -0.05) is 12.1 Å². The number of benzene rings is 2. The molecule has 1 N–H and O–H groups in total. The highest BCUT2D eigenvalue weighted by atomic mass is 32.1. The average Bonchev–Trinajstić information content (AvgIpc) is 3.06. The van der Waals surface area contributed by atoms with Crippen molar-refractivity contribution in [3.63, 3.8) is 0 Å². The Balaban J connectivity index is 1.79. The van der Waals surface area contributed by atoms with Crippen molar-refractivity contribution in [2.24, 2.45) is 0 Å². The van der Waals surface area contributed by atoms with E-state index < -0.39 is 0 Å². The fraction of sp³-hybridized carbons (Fsp3) is 0.111. The molecule has 0 unspecified atom stereocenters. The van der Waals surface area contributed by atoms with Crippen LogP contribution in [0.1, 0.15) is 17.3 Å². The van der Waals surface area contributed by atoms with Gasteiger partial charge in [0.15, 0.2) is 5.13 Å². The van der Waals surface area contributed by atoms with E-state index in [-0.39, 0.29) is 11.8 Å². The lowest BCUT2D eigenvalue weighted by Gasteiger charge is -2.04. The quantitative estimate of drug-likeness (QED) is 0.672. The van der Waals surface area contributed by atoms with E-state index in [2.05, 4.69) is 10.3 Å². The molecule has 0 bridgehead atoms. The Bertz CT molecular complexity index is 846. The van der Waals surface area contributed by atoms with E-state index in [0.29, 0.717) is 17.3 Å². The molecule has 0 fully saturated rings. The zero-order chi connectivity index (χ0) is 16.9. The monoisotopic (exact) mass is 342 g/mol. The van der Waals surface area contributed by atoms with Gasteiger partial charge < -0.3 is 10.1 Å². The van der Waals surface area contributed by atoms with Crippen LogP contribution < -0.4 is 5.32 Å². The van der Waals surface area contributed by atoms with Crippen LogP contribution in [0.5, 0.6) is 0 Å². The minimum Gasteiger partial charge on any atom is -0.462 e. The topological polar surface area (TPSA) is 51.2 Å². The molecule has 0 spiro atoms. The number of hydrogen-bond donors (Lipinski definition) is 1. The van der Waals surface area contributed by atoms with Gasteiger partial charge in [0.1, 0.15) is 5.82 Å². The second-order valence-corrected chi connectivity index (χ2v) is 5.83. The first-order valence-corrected chi connectivity index (χ1v) is 8.29. The molecule has 0 saturated heterocycles. The van der Waals surface area contributed by atoms with Crippen LogP contribution in [0, 0.1) is 5.82 Å². The van der Waals surface area contributed by atoms with Crippen LogP contribution in [0.15, 0.2) is 53.9 Å². The summed E-state index contributed by atoms with van der Waals surface area (Å²) in [6.07, 6.45) is 0. The number of carbonyl (C=O) groups is 1. The second kappa shape index (κ2) is 7.23. The summed E-state index contributed by atoms with van der Waals surface area (Å²) in [7, 11) is 0. The summed E-state index contributed by atoms with van der Waals surface area (Å²) in [5.41, 5.74) is 2.85. The Hall–Kier alpha value is -2.73. The molecule has 0 amide bonds. The molecular formula is C18H15FN2O2S. The van der Waals surface area contributed by atoms with Crippen LogP contribution >= 0.6 is 11.3 Å². The molecule has 3 aromatic rings. The van der Waals surface area contributed by atoms with Crippen molar-refractivity contribution in [1.82, 2.24) is 4.98 Å². The SMILES string of the molecule is CCOC(=O)c1cccc(-c2csc(Nc3ccc(F)cc3)n2)c1. The third-order valence-corrected chi connectivity index (χ3v) is 4.03. The summed E-state index contributed by atoms with van der Waals surface area (Å²) in [5.74, 6) is -0.629. The number of hydrogen-bond acceptors (Lipinski definition) is 5. The van der Waals surface area contributed by atoms with E-state index in [0.717, 1.165) is 16.9 Å². The molecule has 6 heteroatoms. The minimum absolute atomic E-state index is 0.281. The maximum atomic E-state index is 12.9. The largest absolute Gasteiger partial charge is 0.462 e. The molecular weight excluding hydrogens is 327 g/mol. The van der Waals surface area contributed by atoms with E-state index in [9.17, 15) is 9.18 Å². The van der Waals surface area contributed by atoms with Gasteiger partial charge in [0.25, 0.3) is 0 Å². The van der Waals surface area contributed by atoms with Crippen molar-refractivity contribution in [2.45, 2.75) is 6.92 Å². The maximum Gasteiger partial charge on any atom is 0.338 e. The molecule has 24 heavy (non-hydrogen) atoms. The third-order valence-electron chi connectivity index (χ3n) is 3.27. The molecule has 1 heterocycles. The van der Waals surface area contributed by atoms with Gasteiger partial charge >= 0.3 is 5.97 Å². The number of carbonyl (C=O) groups excluding carboxylic acids is 1. The van der Waals surface area contributed by atoms with Gasteiger partial charge in [-0.15, -0.1) is 11.3 Å². The molecule has 4 nitrogen and oxygen atoms in total. The first-order chi connectivity index (χ1) is 11.7. The van der Waals surface area contributed by atoms with E-state index in [1.165, 1.54) is 23.5 Å². The van der Waals surface area contributed by atoms with Gasteiger partial charge in [-0.25, -0.2) is 14.2 Å². The van der Waals surface area contributed by atoms with Crippen LogP contribution in [0.2, 0.25) is 0 Å². The van der Waals surface area contributed by atoms with Gasteiger partial charge in [0, 0.05) is 16.6 Å². The minimum atomic E-state index is -0.348. The lowest BCUT2D eigenvalue weighted by molar-refractivity contribution is 0.0526. The summed E-state index contributed by atoms with van der Waals surface area (Å²) in [6, 6.07) is 13.2. The molecule has 2 aromatic carbocycles. The third kappa shape index (κ3) is 3.78. The smallest absolute Gasteiger partial charge is 0.338 e. The highest BCUT2D eigenvalue weighted by Gasteiger charge is 2.10. The fourth-order valence-corrected chi connectivity index (χ4v) is 2.88. The summed E-state index contributed by atoms with van der Waals surface area (Å²) in [5, 5.41) is 5.72. The fourth-order valence-electron chi connectivity index (χ4n) is 2.14. The van der Waals surface area contributed by atoms with Crippen LogP contribution in [-0.4, -0.2) is 17.6 Å². The molecule has 0 aliphatic heterocycles. The molecule has 122 valence electrons. The van der Waals surface area contributed by atoms with Gasteiger partial charge in [0.2, 0.25) is 0 Å². The Morgan fingerprint density at radius 2 is 2.04 bits per heavy atom. The van der Waals surface area contributed by atoms with Crippen LogP contribution in [0.3, 0.4) is 0 Å². The Morgan fingerprint density at radius 1 is 1.25 bits per heavy atom. The zero-order valence-electron chi connectivity index (χ0n) is 13.0. The highest BCUT2D eigenvalue weighted by Crippen LogP contribution is 2.27. The summed E-state index contributed by atoms with van der Waals surface area (Å²) in [6.45, 7) is 2.11. The normalized spacial score (nSPS) is 10.4. The Morgan fingerprint density at radius 3 is 2.79 bits per heavy atom. The molecule has 0 saturated carbocycles. The molecule has 3 rings (SSSR count). The van der Waals surface area contributed by atoms with E-state index in [1.807, 2.05) is 11.4 Å². The number of rotatable bonds is 5. The summed E-state index contributed by atoms with van der Waals surface area (Å²) >= 11 is 1.44. The number of esters is 1. The molecule has 1 aromatic heterocycles. The standard InChI is InChI=1S/C18H15FN2O2S/c1-2-23-17(22)13-5-3-4-12(10-13)16-11-24-18(21-16)20-15-8-6-14(19)7-9-15/h3-11H,2H2,1H3,(H,20,21). The van der Waals surface area contributed by atoms with Gasteiger partial charge in [-0.3, -0.25) is 0 Å². The number of halogens is 1. The molecule has 0 aliphatic carbocycles. The van der Waals surface area contributed by atoms with Crippen molar-refractivity contribution in [1.29, 1.82) is 0 Å². The lowest BCUT2D eigenvalue weighted by Crippen LogP contribution is -2.04. The van der Waals surface area contributed by atoms with Crippen molar-refractivity contribution >= 4 is 28.1 Å². The molecule has 0 radical (unpaired) electrons. The van der Waals surface area contributed by atoms with Gasteiger partial charge in [-0.05, 0) is 43.3 Å². The van der Waals surface area contributed by atoms with E-state index in [4.69, 9.17) is 4.74 Å². The van der Waals surface area contributed by atoms with Crippen LogP contribution in [0.25, 0.3) is 11.3 Å². The van der Waals surface area contributed by atoms with Crippen molar-refractivity contribution < 1.29 is 13.9 Å².